The number of aromatic nitrogens is 4. The summed E-state index contributed by atoms with van der Waals surface area (Å²) in [5.74, 6) is 0.0342. The molecule has 0 N–H and O–H groups in total. The average Bonchev–Trinajstić information content (AvgIpc) is 3.20. The van der Waals surface area contributed by atoms with Crippen LogP contribution in [-0.2, 0) is 7.05 Å². The van der Waals surface area contributed by atoms with Crippen molar-refractivity contribution in [2.24, 2.45) is 7.05 Å². The van der Waals surface area contributed by atoms with Gasteiger partial charge in [-0.1, -0.05) is 0 Å². The monoisotopic (exact) mass is 321 g/mol. The van der Waals surface area contributed by atoms with E-state index in [1.165, 1.54) is 0 Å². The third-order valence-corrected chi connectivity index (χ3v) is 4.71. The van der Waals surface area contributed by atoms with E-state index in [0.717, 1.165) is 41.7 Å². The number of hydrogen-bond donors (Lipinski definition) is 0. The van der Waals surface area contributed by atoms with E-state index in [1.807, 2.05) is 37.1 Å². The van der Waals surface area contributed by atoms with Crippen LogP contribution in [0.2, 0.25) is 0 Å². The molecule has 0 bridgehead atoms. The molecule has 4 heterocycles. The molecule has 0 radical (unpaired) electrons. The largest absolute Gasteiger partial charge is 0.332 e. The molecule has 0 saturated carbocycles. The van der Waals surface area contributed by atoms with Crippen molar-refractivity contribution in [2.75, 3.05) is 6.54 Å². The first-order valence-corrected chi connectivity index (χ1v) is 8.15. The van der Waals surface area contributed by atoms with Gasteiger partial charge in [-0.05, 0) is 43.5 Å². The van der Waals surface area contributed by atoms with Crippen molar-refractivity contribution in [3.63, 3.8) is 0 Å². The maximum atomic E-state index is 13.0. The van der Waals surface area contributed by atoms with E-state index >= 15 is 0 Å². The van der Waals surface area contributed by atoms with Crippen molar-refractivity contribution >= 4 is 16.9 Å². The van der Waals surface area contributed by atoms with Gasteiger partial charge in [0.1, 0.15) is 0 Å². The highest BCUT2D eigenvalue weighted by molar-refractivity contribution is 5.97. The zero-order chi connectivity index (χ0) is 16.7. The number of fused-ring (bicyclic) bond motifs is 1. The molecule has 6 heteroatoms. The highest BCUT2D eigenvalue weighted by Gasteiger charge is 2.31. The highest BCUT2D eigenvalue weighted by atomic mass is 16.2. The molecule has 24 heavy (non-hydrogen) atoms. The summed E-state index contributed by atoms with van der Waals surface area (Å²) in [5.41, 5.74) is 3.46. The number of rotatable bonds is 2. The summed E-state index contributed by atoms with van der Waals surface area (Å²) in [4.78, 5) is 23.5. The van der Waals surface area contributed by atoms with Gasteiger partial charge in [-0.2, -0.15) is 5.10 Å². The molecule has 4 rings (SSSR count). The first-order valence-electron chi connectivity index (χ1n) is 8.15. The highest BCUT2D eigenvalue weighted by Crippen LogP contribution is 2.33. The maximum absolute atomic E-state index is 13.0. The molecule has 1 fully saturated rings. The van der Waals surface area contributed by atoms with E-state index in [2.05, 4.69) is 15.1 Å². The van der Waals surface area contributed by atoms with E-state index in [1.54, 1.807) is 23.3 Å². The number of nitrogens with zero attached hydrogens (tertiary/aromatic N) is 5. The summed E-state index contributed by atoms with van der Waals surface area (Å²) >= 11 is 0. The summed E-state index contributed by atoms with van der Waals surface area (Å²) in [6.07, 6.45) is 7.22. The zero-order valence-corrected chi connectivity index (χ0v) is 13.8. The second-order valence-electron chi connectivity index (χ2n) is 6.24. The van der Waals surface area contributed by atoms with Crippen LogP contribution in [0.15, 0.2) is 36.8 Å². The molecule has 6 nitrogen and oxygen atoms in total. The molecule has 3 aromatic rings. The minimum Gasteiger partial charge on any atom is -0.332 e. The van der Waals surface area contributed by atoms with Gasteiger partial charge in [0.15, 0.2) is 5.65 Å². The van der Waals surface area contributed by atoms with Crippen LogP contribution in [0.4, 0.5) is 0 Å². The maximum Gasteiger partial charge on any atom is 0.255 e. The van der Waals surface area contributed by atoms with Crippen molar-refractivity contribution < 1.29 is 4.79 Å². The van der Waals surface area contributed by atoms with Gasteiger partial charge in [0.2, 0.25) is 0 Å². The van der Waals surface area contributed by atoms with Crippen LogP contribution in [0.1, 0.15) is 40.5 Å². The first-order chi connectivity index (χ1) is 11.6. The molecule has 3 aromatic heterocycles. The van der Waals surface area contributed by atoms with Gasteiger partial charge in [0.05, 0.1) is 17.3 Å². The number of likely N-dealkylation sites (tertiary alicyclic amines) is 1. The molecule has 1 atom stereocenters. The molecular weight excluding hydrogens is 302 g/mol. The number of pyridine rings is 2. The topological polar surface area (TPSA) is 63.9 Å². The van der Waals surface area contributed by atoms with Gasteiger partial charge < -0.3 is 4.90 Å². The zero-order valence-electron chi connectivity index (χ0n) is 13.8. The predicted molar refractivity (Wildman–Crippen MR) is 90.5 cm³/mol. The Morgan fingerprint density at radius 1 is 1.29 bits per heavy atom. The van der Waals surface area contributed by atoms with Crippen LogP contribution < -0.4 is 0 Å². The Bertz CT molecular complexity index is 902. The van der Waals surface area contributed by atoms with Gasteiger partial charge in [0, 0.05) is 37.6 Å². The SMILES string of the molecule is Cc1nn(C)c2ncc(C(=O)N3CCC[C@@H]3c3ccncc3)cc12. The van der Waals surface area contributed by atoms with Gasteiger partial charge in [0.25, 0.3) is 5.91 Å². The third-order valence-electron chi connectivity index (χ3n) is 4.71. The lowest BCUT2D eigenvalue weighted by Gasteiger charge is -2.25. The van der Waals surface area contributed by atoms with Crippen molar-refractivity contribution in [3.8, 4) is 0 Å². The minimum atomic E-state index is 0.0342. The molecule has 0 aliphatic carbocycles. The number of aryl methyl sites for hydroxylation is 2. The fourth-order valence-electron chi connectivity index (χ4n) is 3.53. The molecular formula is C18H19N5O. The van der Waals surface area contributed by atoms with Crippen LogP contribution in [0.3, 0.4) is 0 Å². The van der Waals surface area contributed by atoms with Crippen molar-refractivity contribution in [3.05, 3.63) is 53.6 Å². The number of carbonyl (C=O) groups is 1. The summed E-state index contributed by atoms with van der Waals surface area (Å²) < 4.78 is 1.74. The molecule has 0 unspecified atom stereocenters. The van der Waals surface area contributed by atoms with Crippen LogP contribution >= 0.6 is 0 Å². The van der Waals surface area contributed by atoms with Crippen molar-refractivity contribution in [1.82, 2.24) is 24.6 Å². The minimum absolute atomic E-state index is 0.0342. The Morgan fingerprint density at radius 3 is 2.88 bits per heavy atom. The molecule has 1 aliphatic heterocycles. The smallest absolute Gasteiger partial charge is 0.255 e. The number of hydrogen-bond acceptors (Lipinski definition) is 4. The molecule has 0 spiro atoms. The average molecular weight is 321 g/mol. The van der Waals surface area contributed by atoms with E-state index in [4.69, 9.17) is 0 Å². The normalized spacial score (nSPS) is 17.6. The van der Waals surface area contributed by atoms with Gasteiger partial charge in [-0.3, -0.25) is 14.5 Å². The summed E-state index contributed by atoms with van der Waals surface area (Å²) in [5, 5.41) is 5.31. The Balaban J connectivity index is 1.69. The van der Waals surface area contributed by atoms with E-state index in [9.17, 15) is 4.79 Å². The number of amides is 1. The summed E-state index contributed by atoms with van der Waals surface area (Å²) in [6, 6.07) is 6.01. The lowest BCUT2D eigenvalue weighted by Crippen LogP contribution is -2.30. The van der Waals surface area contributed by atoms with E-state index < -0.39 is 0 Å². The van der Waals surface area contributed by atoms with Gasteiger partial charge in [-0.25, -0.2) is 4.98 Å². The molecule has 1 saturated heterocycles. The van der Waals surface area contributed by atoms with Gasteiger partial charge in [-0.15, -0.1) is 0 Å². The van der Waals surface area contributed by atoms with E-state index in [0.29, 0.717) is 5.56 Å². The van der Waals surface area contributed by atoms with Crippen LogP contribution in [0.5, 0.6) is 0 Å². The fraction of sp³-hybridized carbons (Fsp3) is 0.333. The Labute approximate surface area is 140 Å². The number of carbonyl (C=O) groups excluding carboxylic acids is 1. The molecule has 122 valence electrons. The quantitative estimate of drug-likeness (QED) is 0.728. The summed E-state index contributed by atoms with van der Waals surface area (Å²) in [7, 11) is 1.86. The standard InChI is InChI=1S/C18H19N5O/c1-12-15-10-14(11-20-17(15)22(2)21-12)18(24)23-9-3-4-16(23)13-5-7-19-8-6-13/h5-8,10-11,16H,3-4,9H2,1-2H3/t16-/m1/s1. The summed E-state index contributed by atoms with van der Waals surface area (Å²) in [6.45, 7) is 2.71. The second kappa shape index (κ2) is 5.70. The molecule has 1 aliphatic rings. The van der Waals surface area contributed by atoms with Crippen molar-refractivity contribution in [1.29, 1.82) is 0 Å². The fourth-order valence-corrected chi connectivity index (χ4v) is 3.53. The Kier molecular flexibility index (Phi) is 3.52. The van der Waals surface area contributed by atoms with Crippen molar-refractivity contribution in [2.45, 2.75) is 25.8 Å². The lowest BCUT2D eigenvalue weighted by molar-refractivity contribution is 0.0735. The predicted octanol–water partition coefficient (Wildman–Crippen LogP) is 2.65. The van der Waals surface area contributed by atoms with Crippen LogP contribution in [0.25, 0.3) is 11.0 Å². The Morgan fingerprint density at radius 2 is 2.08 bits per heavy atom. The second-order valence-corrected chi connectivity index (χ2v) is 6.24. The van der Waals surface area contributed by atoms with Gasteiger partial charge >= 0.3 is 0 Å². The molecule has 1 amide bonds. The third kappa shape index (κ3) is 2.35. The van der Waals surface area contributed by atoms with Crippen LogP contribution in [-0.4, -0.2) is 37.1 Å². The molecule has 0 aromatic carbocycles. The Hall–Kier alpha value is -2.76. The van der Waals surface area contributed by atoms with E-state index in [-0.39, 0.29) is 11.9 Å². The van der Waals surface area contributed by atoms with Crippen LogP contribution in [0, 0.1) is 6.92 Å². The first kappa shape index (κ1) is 14.8. The lowest BCUT2D eigenvalue weighted by atomic mass is 10.1.